The Hall–Kier alpha value is -2.53. The molecule has 0 saturated carbocycles. The number of nitrogens with zero attached hydrogens (tertiary/aromatic N) is 4. The number of aliphatic hydroxyl groups excluding tert-OH is 3. The van der Waals surface area contributed by atoms with Crippen molar-refractivity contribution in [3.8, 4) is 0 Å². The van der Waals surface area contributed by atoms with Crippen molar-refractivity contribution in [1.29, 1.82) is 0 Å². The first-order valence-electron chi connectivity index (χ1n) is 8.17. The second kappa shape index (κ2) is 6.65. The van der Waals surface area contributed by atoms with Crippen LogP contribution in [0.25, 0.3) is 11.2 Å². The minimum atomic E-state index is -1.21. The van der Waals surface area contributed by atoms with Crippen LogP contribution < -0.4 is 5.32 Å². The lowest BCUT2D eigenvalue weighted by Gasteiger charge is -2.16. The van der Waals surface area contributed by atoms with Crippen LogP contribution in [0.1, 0.15) is 17.7 Å². The van der Waals surface area contributed by atoms with Crippen molar-refractivity contribution in [2.75, 3.05) is 11.9 Å². The maximum absolute atomic E-state index is 10.2. The zero-order chi connectivity index (χ0) is 18.3. The van der Waals surface area contributed by atoms with Crippen molar-refractivity contribution in [2.24, 2.45) is 0 Å². The number of hydrogen-bond donors (Lipinski definition) is 4. The first kappa shape index (κ1) is 16.9. The topological polar surface area (TPSA) is 139 Å². The predicted octanol–water partition coefficient (Wildman–Crippen LogP) is -0.0487. The largest absolute Gasteiger partial charge is 0.465 e. The molecule has 1 fully saturated rings. The molecular formula is C16H19N5O5. The molecule has 4 atom stereocenters. The number of anilines is 1. The van der Waals surface area contributed by atoms with Gasteiger partial charge in [0.2, 0.25) is 0 Å². The second-order valence-electron chi connectivity index (χ2n) is 6.14. The Balaban J connectivity index is 1.61. The van der Waals surface area contributed by atoms with E-state index in [2.05, 4.69) is 20.3 Å². The molecule has 26 heavy (non-hydrogen) atoms. The summed E-state index contributed by atoms with van der Waals surface area (Å²) in [6, 6.07) is 3.75. The summed E-state index contributed by atoms with van der Waals surface area (Å²) in [7, 11) is 0. The Kier molecular flexibility index (Phi) is 4.32. The van der Waals surface area contributed by atoms with Gasteiger partial charge in [-0.1, -0.05) is 0 Å². The highest BCUT2D eigenvalue weighted by atomic mass is 16.6. The molecule has 3 aromatic heterocycles. The third-order valence-corrected chi connectivity index (χ3v) is 4.38. The zero-order valence-corrected chi connectivity index (χ0v) is 14.0. The molecule has 10 heteroatoms. The minimum absolute atomic E-state index is 0.397. The molecule has 0 aliphatic carbocycles. The quantitative estimate of drug-likeness (QED) is 0.492. The fraction of sp³-hybridized carbons (Fsp3) is 0.438. The summed E-state index contributed by atoms with van der Waals surface area (Å²) in [6.45, 7) is 1.90. The number of furan rings is 1. The van der Waals surface area contributed by atoms with E-state index in [1.54, 1.807) is 0 Å². The van der Waals surface area contributed by atoms with Crippen LogP contribution in [0.15, 0.2) is 29.2 Å². The highest BCUT2D eigenvalue weighted by Gasteiger charge is 2.44. The van der Waals surface area contributed by atoms with Crippen LogP contribution in [0.5, 0.6) is 0 Å². The molecule has 3 aromatic rings. The molecule has 0 aromatic carbocycles. The fourth-order valence-corrected chi connectivity index (χ4v) is 3.03. The highest BCUT2D eigenvalue weighted by Crippen LogP contribution is 2.32. The van der Waals surface area contributed by atoms with E-state index in [0.29, 0.717) is 23.5 Å². The van der Waals surface area contributed by atoms with Gasteiger partial charge in [0.05, 0.1) is 19.5 Å². The molecule has 0 amide bonds. The van der Waals surface area contributed by atoms with Crippen molar-refractivity contribution >= 4 is 17.0 Å². The number of aryl methyl sites for hydroxylation is 1. The molecule has 138 valence electrons. The molecule has 1 unspecified atom stereocenters. The Labute approximate surface area is 148 Å². The third-order valence-electron chi connectivity index (χ3n) is 4.38. The van der Waals surface area contributed by atoms with E-state index in [1.165, 1.54) is 17.2 Å². The van der Waals surface area contributed by atoms with Gasteiger partial charge in [0, 0.05) is 0 Å². The third kappa shape index (κ3) is 2.82. The van der Waals surface area contributed by atoms with E-state index >= 15 is 0 Å². The summed E-state index contributed by atoms with van der Waals surface area (Å²) in [5, 5.41) is 32.5. The average molecular weight is 361 g/mol. The van der Waals surface area contributed by atoms with Crippen LogP contribution in [-0.2, 0) is 11.3 Å². The maximum Gasteiger partial charge on any atom is 0.167 e. The number of aliphatic hydroxyl groups is 3. The van der Waals surface area contributed by atoms with Crippen molar-refractivity contribution in [1.82, 2.24) is 19.5 Å². The Morgan fingerprint density at radius 1 is 1.19 bits per heavy atom. The molecule has 4 heterocycles. The predicted molar refractivity (Wildman–Crippen MR) is 89.1 cm³/mol. The molecule has 1 saturated heterocycles. The Morgan fingerprint density at radius 2 is 2.04 bits per heavy atom. The smallest absolute Gasteiger partial charge is 0.167 e. The van der Waals surface area contributed by atoms with Crippen LogP contribution in [-0.4, -0.2) is 59.8 Å². The average Bonchev–Trinajstić information content (AvgIpc) is 3.32. The van der Waals surface area contributed by atoms with Crippen LogP contribution >= 0.6 is 0 Å². The number of rotatable bonds is 5. The van der Waals surface area contributed by atoms with Gasteiger partial charge in [-0.25, -0.2) is 15.0 Å². The fourth-order valence-electron chi connectivity index (χ4n) is 3.03. The van der Waals surface area contributed by atoms with E-state index in [0.717, 1.165) is 11.5 Å². The van der Waals surface area contributed by atoms with Crippen LogP contribution in [0, 0.1) is 6.92 Å². The standard InChI is InChI=1S/C16H19N5O5/c1-8-2-3-9(25-8)4-17-14-11-15(19-6-18-14)21(7-20-11)16-13(24)12(23)10(5-22)26-16/h2-3,6-7,10,12-13,16,22-24H,4-5H2,1H3,(H,17,18,19)/t10-,12-,13+,16?/m1/s1. The number of fused-ring (bicyclic) bond motifs is 1. The molecule has 4 N–H and O–H groups in total. The lowest BCUT2D eigenvalue weighted by Crippen LogP contribution is -2.33. The van der Waals surface area contributed by atoms with Gasteiger partial charge < -0.3 is 29.8 Å². The van der Waals surface area contributed by atoms with E-state index in [9.17, 15) is 15.3 Å². The summed E-state index contributed by atoms with van der Waals surface area (Å²) >= 11 is 0. The van der Waals surface area contributed by atoms with Gasteiger partial charge in [0.15, 0.2) is 23.2 Å². The zero-order valence-electron chi connectivity index (χ0n) is 14.0. The van der Waals surface area contributed by atoms with E-state index in [4.69, 9.17) is 9.15 Å². The maximum atomic E-state index is 10.2. The Morgan fingerprint density at radius 3 is 2.73 bits per heavy atom. The molecular weight excluding hydrogens is 342 g/mol. The molecule has 0 bridgehead atoms. The van der Waals surface area contributed by atoms with Gasteiger partial charge in [0.1, 0.15) is 36.2 Å². The van der Waals surface area contributed by atoms with Crippen LogP contribution in [0.3, 0.4) is 0 Å². The summed E-state index contributed by atoms with van der Waals surface area (Å²) in [5.41, 5.74) is 0.932. The summed E-state index contributed by atoms with van der Waals surface area (Å²) < 4.78 is 12.6. The monoisotopic (exact) mass is 361 g/mol. The van der Waals surface area contributed by atoms with Crippen LogP contribution in [0.4, 0.5) is 5.82 Å². The first-order valence-corrected chi connectivity index (χ1v) is 8.17. The number of nitrogens with one attached hydrogen (secondary N) is 1. The van der Waals surface area contributed by atoms with Gasteiger partial charge in [-0.2, -0.15) is 0 Å². The number of hydrogen-bond acceptors (Lipinski definition) is 9. The van der Waals surface area contributed by atoms with Crippen molar-refractivity contribution in [3.63, 3.8) is 0 Å². The SMILES string of the molecule is Cc1ccc(CNc2ncnc3c2ncn3C2O[C@H](CO)[C@@H](O)[C@@H]2O)o1. The highest BCUT2D eigenvalue weighted by molar-refractivity contribution is 5.82. The minimum Gasteiger partial charge on any atom is -0.465 e. The van der Waals surface area contributed by atoms with Crippen LogP contribution in [0.2, 0.25) is 0 Å². The van der Waals surface area contributed by atoms with Gasteiger partial charge in [0.25, 0.3) is 0 Å². The van der Waals surface area contributed by atoms with Gasteiger partial charge in [-0.15, -0.1) is 0 Å². The molecule has 0 spiro atoms. The number of aromatic nitrogens is 4. The molecule has 1 aliphatic heterocycles. The lowest BCUT2D eigenvalue weighted by atomic mass is 10.1. The molecule has 1 aliphatic rings. The van der Waals surface area contributed by atoms with Crippen molar-refractivity contribution < 1.29 is 24.5 Å². The van der Waals surface area contributed by atoms with E-state index < -0.39 is 31.1 Å². The molecule has 10 nitrogen and oxygen atoms in total. The first-order chi connectivity index (χ1) is 12.6. The lowest BCUT2D eigenvalue weighted by molar-refractivity contribution is -0.0511. The number of ether oxygens (including phenoxy) is 1. The van der Waals surface area contributed by atoms with Gasteiger partial charge in [-0.05, 0) is 19.1 Å². The second-order valence-corrected chi connectivity index (χ2v) is 6.14. The summed E-state index contributed by atoms with van der Waals surface area (Å²) in [6.07, 6.45) is -1.33. The van der Waals surface area contributed by atoms with Crippen molar-refractivity contribution in [3.05, 3.63) is 36.3 Å². The number of imidazole rings is 1. The molecule has 4 rings (SSSR count). The van der Waals surface area contributed by atoms with Crippen molar-refractivity contribution in [2.45, 2.75) is 38.0 Å². The Bertz CT molecular complexity index is 909. The van der Waals surface area contributed by atoms with E-state index in [-0.39, 0.29) is 0 Å². The molecule has 0 radical (unpaired) electrons. The summed E-state index contributed by atoms with van der Waals surface area (Å²) in [5.74, 6) is 2.09. The van der Waals surface area contributed by atoms with Gasteiger partial charge >= 0.3 is 0 Å². The summed E-state index contributed by atoms with van der Waals surface area (Å²) in [4.78, 5) is 12.7. The normalized spacial score (nSPS) is 25.8. The van der Waals surface area contributed by atoms with E-state index in [1.807, 2.05) is 19.1 Å². The van der Waals surface area contributed by atoms with Gasteiger partial charge in [-0.3, -0.25) is 4.57 Å².